The van der Waals surface area contributed by atoms with Crippen molar-refractivity contribution >= 4 is 0 Å². The number of aromatic amines is 1. The first-order chi connectivity index (χ1) is 16.5. The van der Waals surface area contributed by atoms with Crippen LogP contribution in [0.15, 0.2) is 59.4 Å². The van der Waals surface area contributed by atoms with Gasteiger partial charge < -0.3 is 5.32 Å². The Kier molecular flexibility index (Phi) is 7.33. The Bertz CT molecular complexity index is 1310. The Balaban J connectivity index is 1.95. The molecule has 7 nitrogen and oxygen atoms in total. The van der Waals surface area contributed by atoms with Crippen molar-refractivity contribution in [3.05, 3.63) is 81.8 Å². The summed E-state index contributed by atoms with van der Waals surface area (Å²) in [7, 11) is 0. The zero-order chi connectivity index (χ0) is 24.1. The molecule has 4 rings (SSSR count). The number of nitrogens with zero attached hydrogens (tertiary/aromatic N) is 4. The zero-order valence-electron chi connectivity index (χ0n) is 20.3. The molecule has 0 aliphatic heterocycles. The van der Waals surface area contributed by atoms with E-state index in [-0.39, 0.29) is 5.56 Å². The van der Waals surface area contributed by atoms with Crippen LogP contribution in [-0.2, 0) is 13.0 Å². The lowest BCUT2D eigenvalue weighted by Gasteiger charge is -2.21. The summed E-state index contributed by atoms with van der Waals surface area (Å²) >= 11 is 0. The molecule has 0 saturated carbocycles. The molecule has 0 fully saturated rings. The van der Waals surface area contributed by atoms with Crippen molar-refractivity contribution in [1.29, 1.82) is 0 Å². The van der Waals surface area contributed by atoms with Crippen molar-refractivity contribution in [3.63, 3.8) is 0 Å². The van der Waals surface area contributed by atoms with Gasteiger partial charge in [-0.15, -0.1) is 10.2 Å². The summed E-state index contributed by atoms with van der Waals surface area (Å²) in [4.78, 5) is 14.0. The largest absolute Gasteiger partial charge is 0.310 e. The van der Waals surface area contributed by atoms with Crippen LogP contribution in [0, 0.1) is 6.92 Å². The standard InChI is InChI=1S/C27H32N6O/c1-5-6-11-20-16-19(4)24(17-28-18(2)3)27(34)33(20)25-15-10-9-13-22(25)21-12-7-8-14-23(21)26-29-31-32-30-26/h7-10,12-16,18,28H,5-6,11,17H2,1-4H3,(H,29,30,31,32). The zero-order valence-corrected chi connectivity index (χ0v) is 20.3. The molecule has 0 aliphatic rings. The molecule has 0 atom stereocenters. The van der Waals surface area contributed by atoms with Gasteiger partial charge >= 0.3 is 0 Å². The molecule has 0 bridgehead atoms. The number of aryl methyl sites for hydroxylation is 2. The first-order valence-electron chi connectivity index (χ1n) is 11.9. The fourth-order valence-electron chi connectivity index (χ4n) is 4.25. The molecule has 0 amide bonds. The SMILES string of the molecule is CCCCc1cc(C)c(CNC(C)C)c(=O)n1-c1ccccc1-c1ccccc1-c1nn[nH]n1. The van der Waals surface area contributed by atoms with Gasteiger partial charge in [0.15, 0.2) is 0 Å². The van der Waals surface area contributed by atoms with E-state index in [0.717, 1.165) is 58.5 Å². The predicted octanol–water partition coefficient (Wildman–Crippen LogP) is 4.83. The summed E-state index contributed by atoms with van der Waals surface area (Å²) in [5, 5.41) is 18.1. The minimum atomic E-state index is 0.0312. The number of aromatic nitrogens is 5. The molecular formula is C27H32N6O. The lowest BCUT2D eigenvalue weighted by atomic mass is 9.96. The quantitative estimate of drug-likeness (QED) is 0.376. The minimum absolute atomic E-state index is 0.0312. The first kappa shape index (κ1) is 23.6. The molecule has 0 saturated heterocycles. The second-order valence-corrected chi connectivity index (χ2v) is 8.88. The Morgan fingerprint density at radius 1 is 1.03 bits per heavy atom. The lowest BCUT2D eigenvalue weighted by molar-refractivity contribution is 0.581. The van der Waals surface area contributed by atoms with Crippen molar-refractivity contribution < 1.29 is 0 Å². The summed E-state index contributed by atoms with van der Waals surface area (Å²) in [6.07, 6.45) is 2.92. The number of hydrogen-bond acceptors (Lipinski definition) is 5. The van der Waals surface area contributed by atoms with Crippen LogP contribution < -0.4 is 10.9 Å². The van der Waals surface area contributed by atoms with Crippen LogP contribution in [0.25, 0.3) is 28.2 Å². The molecule has 0 spiro atoms. The molecule has 176 valence electrons. The smallest absolute Gasteiger partial charge is 0.260 e. The third-order valence-corrected chi connectivity index (χ3v) is 6.03. The number of pyridine rings is 1. The third kappa shape index (κ3) is 4.84. The normalized spacial score (nSPS) is 11.3. The van der Waals surface area contributed by atoms with E-state index in [9.17, 15) is 4.79 Å². The Hall–Kier alpha value is -3.58. The average Bonchev–Trinajstić information content (AvgIpc) is 3.37. The van der Waals surface area contributed by atoms with E-state index < -0.39 is 0 Å². The maximum atomic E-state index is 14.0. The van der Waals surface area contributed by atoms with Crippen LogP contribution >= 0.6 is 0 Å². The van der Waals surface area contributed by atoms with Crippen LogP contribution in [0.3, 0.4) is 0 Å². The van der Waals surface area contributed by atoms with Crippen LogP contribution in [0.2, 0.25) is 0 Å². The first-order valence-corrected chi connectivity index (χ1v) is 11.9. The number of H-pyrrole nitrogens is 1. The summed E-state index contributed by atoms with van der Waals surface area (Å²) in [5.74, 6) is 0.523. The summed E-state index contributed by atoms with van der Waals surface area (Å²) in [6, 6.07) is 18.5. The molecule has 2 N–H and O–H groups in total. The summed E-state index contributed by atoms with van der Waals surface area (Å²) in [5.41, 5.74) is 6.52. The topological polar surface area (TPSA) is 88.5 Å². The van der Waals surface area contributed by atoms with E-state index in [4.69, 9.17) is 0 Å². The summed E-state index contributed by atoms with van der Waals surface area (Å²) < 4.78 is 1.91. The van der Waals surface area contributed by atoms with Crippen LogP contribution in [0.5, 0.6) is 0 Å². The average molecular weight is 457 g/mol. The van der Waals surface area contributed by atoms with Gasteiger partial charge in [0.2, 0.25) is 5.82 Å². The molecule has 2 heterocycles. The highest BCUT2D eigenvalue weighted by atomic mass is 16.1. The molecular weight excluding hydrogens is 424 g/mol. The molecule has 0 aliphatic carbocycles. The number of benzene rings is 2. The van der Waals surface area contributed by atoms with Gasteiger partial charge in [-0.2, -0.15) is 5.21 Å². The lowest BCUT2D eigenvalue weighted by Crippen LogP contribution is -2.32. The van der Waals surface area contributed by atoms with Crippen LogP contribution in [-0.4, -0.2) is 31.2 Å². The van der Waals surface area contributed by atoms with E-state index in [1.165, 1.54) is 0 Å². The highest BCUT2D eigenvalue weighted by Crippen LogP contribution is 2.34. The van der Waals surface area contributed by atoms with Gasteiger partial charge in [0.05, 0.1) is 5.69 Å². The molecule has 0 unspecified atom stereocenters. The maximum Gasteiger partial charge on any atom is 0.260 e. The van der Waals surface area contributed by atoms with Gasteiger partial charge in [-0.25, -0.2) is 0 Å². The number of para-hydroxylation sites is 1. The van der Waals surface area contributed by atoms with Crippen molar-refractivity contribution in [3.8, 4) is 28.2 Å². The van der Waals surface area contributed by atoms with Crippen molar-refractivity contribution in [1.82, 2.24) is 30.5 Å². The van der Waals surface area contributed by atoms with E-state index in [1.54, 1.807) is 0 Å². The van der Waals surface area contributed by atoms with Crippen molar-refractivity contribution in [2.45, 2.75) is 59.5 Å². The second kappa shape index (κ2) is 10.6. The van der Waals surface area contributed by atoms with Crippen molar-refractivity contribution in [2.24, 2.45) is 0 Å². The summed E-state index contributed by atoms with van der Waals surface area (Å²) in [6.45, 7) is 8.93. The molecule has 2 aromatic heterocycles. The van der Waals surface area contributed by atoms with Gasteiger partial charge in [-0.3, -0.25) is 9.36 Å². The minimum Gasteiger partial charge on any atom is -0.310 e. The number of nitrogens with one attached hydrogen (secondary N) is 2. The van der Waals surface area contributed by atoms with Gasteiger partial charge in [-0.1, -0.05) is 69.7 Å². The second-order valence-electron chi connectivity index (χ2n) is 8.88. The highest BCUT2D eigenvalue weighted by molar-refractivity contribution is 5.84. The maximum absolute atomic E-state index is 14.0. The molecule has 0 radical (unpaired) electrons. The Morgan fingerprint density at radius 2 is 1.74 bits per heavy atom. The van der Waals surface area contributed by atoms with Gasteiger partial charge in [0.25, 0.3) is 5.56 Å². The Morgan fingerprint density at radius 3 is 2.41 bits per heavy atom. The molecule has 2 aromatic carbocycles. The fourth-order valence-corrected chi connectivity index (χ4v) is 4.25. The van der Waals surface area contributed by atoms with Crippen LogP contribution in [0.1, 0.15) is 50.4 Å². The number of tetrazole rings is 1. The number of rotatable bonds is 9. The van der Waals surface area contributed by atoms with Crippen molar-refractivity contribution in [2.75, 3.05) is 0 Å². The van der Waals surface area contributed by atoms with Gasteiger partial charge in [0.1, 0.15) is 0 Å². The Labute approximate surface area is 200 Å². The highest BCUT2D eigenvalue weighted by Gasteiger charge is 2.19. The predicted molar refractivity (Wildman–Crippen MR) is 136 cm³/mol. The molecule has 7 heteroatoms. The van der Waals surface area contributed by atoms with E-state index in [0.29, 0.717) is 18.4 Å². The van der Waals surface area contributed by atoms with E-state index >= 15 is 0 Å². The monoisotopic (exact) mass is 456 g/mol. The number of unbranched alkanes of at least 4 members (excludes halogenated alkanes) is 1. The van der Waals surface area contributed by atoms with E-state index in [2.05, 4.69) is 58.8 Å². The molecule has 34 heavy (non-hydrogen) atoms. The van der Waals surface area contributed by atoms with E-state index in [1.807, 2.05) is 54.0 Å². The number of hydrogen-bond donors (Lipinski definition) is 2. The third-order valence-electron chi connectivity index (χ3n) is 6.03. The van der Waals surface area contributed by atoms with Crippen LogP contribution in [0.4, 0.5) is 0 Å². The van der Waals surface area contributed by atoms with Gasteiger partial charge in [0, 0.05) is 35.0 Å². The molecule has 4 aromatic rings. The fraction of sp³-hybridized carbons (Fsp3) is 0.333. The van der Waals surface area contributed by atoms with Gasteiger partial charge in [-0.05, 0) is 48.2 Å².